The normalized spacial score (nSPS) is 10.9. The second-order valence-electron chi connectivity index (χ2n) is 9.29. The van der Waals surface area contributed by atoms with Crippen LogP contribution >= 0.6 is 11.3 Å². The van der Waals surface area contributed by atoms with E-state index in [1.54, 1.807) is 13.2 Å². The number of methoxy groups -OCH3 is 2. The maximum absolute atomic E-state index is 13.8. The number of anilines is 1. The van der Waals surface area contributed by atoms with Crippen molar-refractivity contribution in [1.29, 1.82) is 0 Å². The van der Waals surface area contributed by atoms with Gasteiger partial charge < -0.3 is 19.5 Å². The number of aromatic nitrogens is 1. The fraction of sp³-hybridized carbons (Fsp3) is 0.156. The molecule has 0 fully saturated rings. The number of para-hydroxylation sites is 1. The SMILES string of the molecule is COC(=O)c1c(-c2ccc(OC)cc2)csc1NC(=O)c1cc(-c2ccc(OC(C)C)cc2)nc2ccccc12. The molecule has 0 unspecified atom stereocenters. The van der Waals surface area contributed by atoms with Crippen LogP contribution in [0.3, 0.4) is 0 Å². The molecule has 0 saturated heterocycles. The van der Waals surface area contributed by atoms with E-state index in [0.29, 0.717) is 44.0 Å². The van der Waals surface area contributed by atoms with Crippen LogP contribution in [0.25, 0.3) is 33.3 Å². The van der Waals surface area contributed by atoms with Gasteiger partial charge in [0.1, 0.15) is 22.1 Å². The van der Waals surface area contributed by atoms with Gasteiger partial charge in [-0.1, -0.05) is 30.3 Å². The molecule has 0 bridgehead atoms. The van der Waals surface area contributed by atoms with Crippen LogP contribution in [0.15, 0.2) is 84.2 Å². The van der Waals surface area contributed by atoms with Crippen molar-refractivity contribution >= 4 is 39.1 Å². The third-order valence-corrected chi connectivity index (χ3v) is 7.19. The molecule has 1 N–H and O–H groups in total. The highest BCUT2D eigenvalue weighted by Gasteiger charge is 2.24. The van der Waals surface area contributed by atoms with Crippen molar-refractivity contribution in [3.63, 3.8) is 0 Å². The van der Waals surface area contributed by atoms with E-state index < -0.39 is 5.97 Å². The summed E-state index contributed by atoms with van der Waals surface area (Å²) in [6.45, 7) is 3.95. The predicted octanol–water partition coefficient (Wildman–Crippen LogP) is 7.47. The average molecular weight is 553 g/mol. The molecule has 5 aromatic rings. The van der Waals surface area contributed by atoms with Gasteiger partial charge in [0.2, 0.25) is 0 Å². The average Bonchev–Trinajstić information content (AvgIpc) is 3.39. The molecule has 2 aromatic heterocycles. The van der Waals surface area contributed by atoms with Gasteiger partial charge in [-0.3, -0.25) is 4.79 Å². The van der Waals surface area contributed by atoms with Gasteiger partial charge in [0.15, 0.2) is 0 Å². The number of carbonyl (C=O) groups is 2. The number of thiophene rings is 1. The minimum atomic E-state index is -0.536. The lowest BCUT2D eigenvalue weighted by atomic mass is 10.0. The number of pyridine rings is 1. The Balaban J connectivity index is 1.52. The van der Waals surface area contributed by atoms with Crippen molar-refractivity contribution in [2.75, 3.05) is 19.5 Å². The van der Waals surface area contributed by atoms with Crippen molar-refractivity contribution in [3.8, 4) is 33.9 Å². The van der Waals surface area contributed by atoms with Gasteiger partial charge in [-0.15, -0.1) is 11.3 Å². The molecule has 0 radical (unpaired) electrons. The Labute approximate surface area is 236 Å². The van der Waals surface area contributed by atoms with Crippen molar-refractivity contribution < 1.29 is 23.8 Å². The van der Waals surface area contributed by atoms with Crippen molar-refractivity contribution in [2.45, 2.75) is 20.0 Å². The van der Waals surface area contributed by atoms with Crippen molar-refractivity contribution in [2.24, 2.45) is 0 Å². The van der Waals surface area contributed by atoms with Gasteiger partial charge in [0, 0.05) is 21.9 Å². The summed E-state index contributed by atoms with van der Waals surface area (Å²) in [5.74, 6) is 0.576. The maximum atomic E-state index is 13.8. The molecule has 1 amide bonds. The molecule has 7 nitrogen and oxygen atoms in total. The van der Waals surface area contributed by atoms with Crippen molar-refractivity contribution in [3.05, 3.63) is 95.4 Å². The van der Waals surface area contributed by atoms with Crippen LogP contribution in [0, 0.1) is 0 Å². The molecular weight excluding hydrogens is 524 g/mol. The number of hydrogen-bond acceptors (Lipinski definition) is 7. The summed E-state index contributed by atoms with van der Waals surface area (Å²) in [5, 5.41) is 5.90. The molecule has 5 rings (SSSR count). The summed E-state index contributed by atoms with van der Waals surface area (Å²) in [5.41, 5.74) is 4.40. The maximum Gasteiger partial charge on any atom is 0.341 e. The van der Waals surface area contributed by atoms with Gasteiger partial charge in [0.25, 0.3) is 5.91 Å². The highest BCUT2D eigenvalue weighted by atomic mass is 32.1. The third-order valence-electron chi connectivity index (χ3n) is 6.29. The minimum Gasteiger partial charge on any atom is -0.497 e. The number of ether oxygens (including phenoxy) is 3. The van der Waals surface area contributed by atoms with E-state index >= 15 is 0 Å². The van der Waals surface area contributed by atoms with Gasteiger partial charge in [-0.25, -0.2) is 9.78 Å². The van der Waals surface area contributed by atoms with Crippen molar-refractivity contribution in [1.82, 2.24) is 4.98 Å². The van der Waals surface area contributed by atoms with E-state index in [2.05, 4.69) is 5.32 Å². The van der Waals surface area contributed by atoms with Gasteiger partial charge >= 0.3 is 5.97 Å². The van der Waals surface area contributed by atoms with Crippen LogP contribution in [0.1, 0.15) is 34.6 Å². The van der Waals surface area contributed by atoms with E-state index in [4.69, 9.17) is 19.2 Å². The Morgan fingerprint density at radius 3 is 2.23 bits per heavy atom. The molecule has 0 atom stereocenters. The number of amides is 1. The van der Waals surface area contributed by atoms with E-state index in [0.717, 1.165) is 16.9 Å². The molecular formula is C32H28N2O5S. The molecule has 0 aliphatic heterocycles. The summed E-state index contributed by atoms with van der Waals surface area (Å²) in [6, 6.07) is 24.2. The number of esters is 1. The molecule has 8 heteroatoms. The molecule has 0 spiro atoms. The zero-order valence-corrected chi connectivity index (χ0v) is 23.4. The Bertz CT molecular complexity index is 1670. The van der Waals surface area contributed by atoms with E-state index in [9.17, 15) is 9.59 Å². The first-order valence-electron chi connectivity index (χ1n) is 12.7. The van der Waals surface area contributed by atoms with Crippen LogP contribution in [0.2, 0.25) is 0 Å². The van der Waals surface area contributed by atoms with E-state index in [-0.39, 0.29) is 12.0 Å². The summed E-state index contributed by atoms with van der Waals surface area (Å²) in [4.78, 5) is 31.4. The third kappa shape index (κ3) is 5.53. The molecule has 40 heavy (non-hydrogen) atoms. The number of rotatable bonds is 8. The number of nitrogens with one attached hydrogen (secondary N) is 1. The Kier molecular flexibility index (Phi) is 7.79. The zero-order chi connectivity index (χ0) is 28.2. The van der Waals surface area contributed by atoms with Gasteiger partial charge in [-0.2, -0.15) is 0 Å². The lowest BCUT2D eigenvalue weighted by Gasteiger charge is -2.12. The first-order valence-corrected chi connectivity index (χ1v) is 13.6. The molecule has 0 aliphatic rings. The fourth-order valence-electron chi connectivity index (χ4n) is 4.40. The van der Waals surface area contributed by atoms with E-state index in [1.807, 2.05) is 92.0 Å². The molecule has 0 aliphatic carbocycles. The number of hydrogen-bond donors (Lipinski definition) is 1. The Hall–Kier alpha value is -4.69. The zero-order valence-electron chi connectivity index (χ0n) is 22.6. The highest BCUT2D eigenvalue weighted by molar-refractivity contribution is 7.15. The van der Waals surface area contributed by atoms with Gasteiger partial charge in [0.05, 0.1) is 37.1 Å². The largest absolute Gasteiger partial charge is 0.497 e. The Morgan fingerprint density at radius 1 is 0.875 bits per heavy atom. The lowest BCUT2D eigenvalue weighted by molar-refractivity contribution is 0.0603. The van der Waals surface area contributed by atoms with Crippen LogP contribution in [0.5, 0.6) is 11.5 Å². The summed E-state index contributed by atoms with van der Waals surface area (Å²) >= 11 is 1.27. The first kappa shape index (κ1) is 26.9. The number of fused-ring (bicyclic) bond motifs is 1. The summed E-state index contributed by atoms with van der Waals surface area (Å²) < 4.78 is 16.1. The smallest absolute Gasteiger partial charge is 0.341 e. The standard InChI is InChI=1S/C32H28N2O5S/c1-19(2)39-23-15-11-21(12-16-23)28-17-25(24-7-5-6-8-27(24)33-28)30(35)34-31-29(32(36)38-4)26(18-40-31)20-9-13-22(37-3)14-10-20/h5-19H,1-4H3,(H,34,35). The minimum absolute atomic E-state index is 0.0670. The Morgan fingerprint density at radius 2 is 1.55 bits per heavy atom. The number of benzene rings is 3. The predicted molar refractivity (Wildman–Crippen MR) is 159 cm³/mol. The summed E-state index contributed by atoms with van der Waals surface area (Å²) in [7, 11) is 2.92. The molecule has 0 saturated carbocycles. The van der Waals surface area contributed by atoms with E-state index in [1.165, 1.54) is 18.4 Å². The van der Waals surface area contributed by atoms with Crippen LogP contribution in [-0.2, 0) is 4.74 Å². The fourth-order valence-corrected chi connectivity index (χ4v) is 5.35. The topological polar surface area (TPSA) is 86.8 Å². The number of carbonyl (C=O) groups excluding carboxylic acids is 2. The quantitative estimate of drug-likeness (QED) is 0.201. The molecule has 202 valence electrons. The molecule has 2 heterocycles. The summed E-state index contributed by atoms with van der Waals surface area (Å²) in [6.07, 6.45) is 0.0670. The first-order chi connectivity index (χ1) is 19.4. The lowest BCUT2D eigenvalue weighted by Crippen LogP contribution is -2.15. The highest BCUT2D eigenvalue weighted by Crippen LogP contribution is 2.37. The van der Waals surface area contributed by atoms with Crippen LogP contribution in [0.4, 0.5) is 5.00 Å². The second kappa shape index (κ2) is 11.6. The van der Waals surface area contributed by atoms with Crippen LogP contribution < -0.4 is 14.8 Å². The van der Waals surface area contributed by atoms with Gasteiger partial charge in [-0.05, 0) is 67.9 Å². The number of nitrogens with zero attached hydrogens (tertiary/aromatic N) is 1. The molecule has 3 aromatic carbocycles. The monoisotopic (exact) mass is 552 g/mol. The second-order valence-corrected chi connectivity index (χ2v) is 10.2. The van der Waals surface area contributed by atoms with Crippen LogP contribution in [-0.4, -0.2) is 37.2 Å².